The highest BCUT2D eigenvalue weighted by molar-refractivity contribution is 5.89. The zero-order valence-electron chi connectivity index (χ0n) is 27.4. The third-order valence-electron chi connectivity index (χ3n) is 9.76. The van der Waals surface area contributed by atoms with Crippen molar-refractivity contribution in [3.8, 4) is 33.9 Å². The molecule has 0 amide bonds. The minimum absolute atomic E-state index is 0.494. The van der Waals surface area contributed by atoms with Crippen molar-refractivity contribution in [2.75, 3.05) is 4.90 Å². The van der Waals surface area contributed by atoms with Gasteiger partial charge in [-0.1, -0.05) is 158 Å². The van der Waals surface area contributed by atoms with Crippen molar-refractivity contribution in [1.82, 2.24) is 9.97 Å². The molecule has 3 heteroatoms. The van der Waals surface area contributed by atoms with E-state index in [4.69, 9.17) is 9.97 Å². The molecule has 50 heavy (non-hydrogen) atoms. The van der Waals surface area contributed by atoms with Gasteiger partial charge in [0.05, 0.1) is 28.2 Å². The Bertz CT molecular complexity index is 2260. The van der Waals surface area contributed by atoms with Gasteiger partial charge in [0.2, 0.25) is 0 Å². The summed E-state index contributed by atoms with van der Waals surface area (Å²) in [5.41, 5.74) is 12.7. The molecule has 0 fully saturated rings. The summed E-state index contributed by atoms with van der Waals surface area (Å²) in [6.07, 6.45) is 0. The Morgan fingerprint density at radius 1 is 0.360 bits per heavy atom. The molecule has 0 radical (unpaired) electrons. The molecule has 0 spiro atoms. The molecule has 0 bridgehead atoms. The van der Waals surface area contributed by atoms with Crippen LogP contribution in [0.5, 0.6) is 0 Å². The minimum Gasteiger partial charge on any atom is -0.310 e. The molecule has 1 aromatic heterocycles. The maximum absolute atomic E-state index is 5.07. The first kappa shape index (κ1) is 29.6. The van der Waals surface area contributed by atoms with E-state index >= 15 is 0 Å². The van der Waals surface area contributed by atoms with Gasteiger partial charge in [0.25, 0.3) is 0 Å². The van der Waals surface area contributed by atoms with Gasteiger partial charge >= 0.3 is 0 Å². The second-order valence-electron chi connectivity index (χ2n) is 12.6. The van der Waals surface area contributed by atoms with Crippen molar-refractivity contribution in [3.05, 3.63) is 222 Å². The smallest absolute Gasteiger partial charge is 0.160 e. The van der Waals surface area contributed by atoms with Crippen LogP contribution in [-0.2, 0) is 5.41 Å². The van der Waals surface area contributed by atoms with Crippen molar-refractivity contribution in [3.63, 3.8) is 0 Å². The largest absolute Gasteiger partial charge is 0.310 e. The maximum Gasteiger partial charge on any atom is 0.160 e. The lowest BCUT2D eigenvalue weighted by Gasteiger charge is -2.46. The second kappa shape index (κ2) is 12.5. The Hall–Kier alpha value is -6.58. The summed E-state index contributed by atoms with van der Waals surface area (Å²) in [7, 11) is 0. The molecule has 1 aliphatic heterocycles. The Morgan fingerprint density at radius 2 is 0.760 bits per heavy atom. The average Bonchev–Trinajstić information content (AvgIpc) is 3.21. The van der Waals surface area contributed by atoms with Crippen LogP contribution < -0.4 is 4.90 Å². The predicted octanol–water partition coefficient (Wildman–Crippen LogP) is 11.6. The van der Waals surface area contributed by atoms with Gasteiger partial charge in [-0.05, 0) is 64.7 Å². The summed E-state index contributed by atoms with van der Waals surface area (Å²) in [4.78, 5) is 12.5. The second-order valence-corrected chi connectivity index (χ2v) is 12.6. The molecule has 0 unspecified atom stereocenters. The van der Waals surface area contributed by atoms with Gasteiger partial charge in [0, 0.05) is 22.4 Å². The van der Waals surface area contributed by atoms with Crippen LogP contribution >= 0.6 is 0 Å². The number of aromatic nitrogens is 2. The quantitative estimate of drug-likeness (QED) is 0.181. The molecule has 3 nitrogen and oxygen atoms in total. The summed E-state index contributed by atoms with van der Waals surface area (Å²) in [6, 6.07) is 70.9. The van der Waals surface area contributed by atoms with E-state index in [9.17, 15) is 0 Å². The van der Waals surface area contributed by atoms with Crippen LogP contribution in [0, 0.1) is 0 Å². The topological polar surface area (TPSA) is 29.0 Å². The van der Waals surface area contributed by atoms with Crippen LogP contribution in [0.25, 0.3) is 33.9 Å². The van der Waals surface area contributed by atoms with Gasteiger partial charge in [-0.15, -0.1) is 0 Å². The number of fused-ring (bicyclic) bond motifs is 2. The molecule has 0 atom stereocenters. The van der Waals surface area contributed by atoms with Crippen LogP contribution in [0.4, 0.5) is 17.1 Å². The lowest BCUT2D eigenvalue weighted by Crippen LogP contribution is -2.37. The molecular weight excluding hydrogens is 607 g/mol. The molecule has 0 aliphatic carbocycles. The average molecular weight is 640 g/mol. The molecule has 0 saturated carbocycles. The van der Waals surface area contributed by atoms with Gasteiger partial charge in [-0.2, -0.15) is 0 Å². The fourth-order valence-corrected chi connectivity index (χ4v) is 7.54. The number of benzene rings is 7. The zero-order chi connectivity index (χ0) is 33.3. The molecule has 1 aliphatic rings. The molecule has 0 N–H and O–H groups in total. The number of hydrogen-bond donors (Lipinski definition) is 0. The van der Waals surface area contributed by atoms with Crippen molar-refractivity contribution < 1.29 is 0 Å². The van der Waals surface area contributed by atoms with Gasteiger partial charge in [0.15, 0.2) is 5.82 Å². The molecule has 7 aromatic carbocycles. The van der Waals surface area contributed by atoms with Crippen molar-refractivity contribution in [2.45, 2.75) is 5.41 Å². The molecule has 236 valence electrons. The van der Waals surface area contributed by atoms with Crippen molar-refractivity contribution in [2.24, 2.45) is 0 Å². The van der Waals surface area contributed by atoms with Crippen LogP contribution in [0.1, 0.15) is 22.3 Å². The number of rotatable bonds is 6. The van der Waals surface area contributed by atoms with E-state index in [1.807, 2.05) is 36.4 Å². The fourth-order valence-electron chi connectivity index (χ4n) is 7.54. The van der Waals surface area contributed by atoms with Crippen molar-refractivity contribution in [1.29, 1.82) is 0 Å². The minimum atomic E-state index is -0.494. The van der Waals surface area contributed by atoms with E-state index in [-0.39, 0.29) is 0 Å². The Kier molecular flexibility index (Phi) is 7.37. The SMILES string of the molecule is c1ccc(-c2cc(-c3ccccc3)nc(-c3ccc(N4c5ccccc5C(c5ccccc5)(c5ccccc5)c5ccccc54)cc3)n2)cc1. The van der Waals surface area contributed by atoms with Crippen LogP contribution in [0.15, 0.2) is 200 Å². The van der Waals surface area contributed by atoms with E-state index in [2.05, 4.69) is 169 Å². The Balaban J connectivity index is 1.20. The first-order valence-corrected chi connectivity index (χ1v) is 17.0. The highest BCUT2D eigenvalue weighted by Crippen LogP contribution is 2.57. The highest BCUT2D eigenvalue weighted by Gasteiger charge is 2.46. The number of hydrogen-bond acceptors (Lipinski definition) is 3. The fraction of sp³-hybridized carbons (Fsp3) is 0.0213. The molecule has 0 saturated heterocycles. The lowest BCUT2D eigenvalue weighted by atomic mass is 9.62. The number of anilines is 3. The molecule has 9 rings (SSSR count). The van der Waals surface area contributed by atoms with Gasteiger partial charge < -0.3 is 4.90 Å². The molecule has 2 heterocycles. The number of para-hydroxylation sites is 2. The van der Waals surface area contributed by atoms with Gasteiger partial charge in [-0.25, -0.2) is 9.97 Å². The van der Waals surface area contributed by atoms with E-state index < -0.39 is 5.41 Å². The third kappa shape index (κ3) is 4.91. The monoisotopic (exact) mass is 639 g/mol. The maximum atomic E-state index is 5.07. The highest BCUT2D eigenvalue weighted by atomic mass is 15.2. The van der Waals surface area contributed by atoms with Crippen LogP contribution in [-0.4, -0.2) is 9.97 Å². The molecule has 8 aromatic rings. The first-order chi connectivity index (χ1) is 24.8. The van der Waals surface area contributed by atoms with Gasteiger partial charge in [0.1, 0.15) is 0 Å². The lowest BCUT2D eigenvalue weighted by molar-refractivity contribution is 0.731. The first-order valence-electron chi connectivity index (χ1n) is 17.0. The van der Waals surface area contributed by atoms with Crippen LogP contribution in [0.2, 0.25) is 0 Å². The Labute approximate surface area is 292 Å². The van der Waals surface area contributed by atoms with Gasteiger partial charge in [-0.3, -0.25) is 0 Å². The van der Waals surface area contributed by atoms with Crippen LogP contribution in [0.3, 0.4) is 0 Å². The summed E-state index contributed by atoms with van der Waals surface area (Å²) in [5.74, 6) is 0.698. The summed E-state index contributed by atoms with van der Waals surface area (Å²) < 4.78 is 0. The predicted molar refractivity (Wildman–Crippen MR) is 205 cm³/mol. The molecular formula is C47H33N3. The summed E-state index contributed by atoms with van der Waals surface area (Å²) in [6.45, 7) is 0. The van der Waals surface area contributed by atoms with E-state index in [0.717, 1.165) is 45.1 Å². The van der Waals surface area contributed by atoms with E-state index in [1.54, 1.807) is 0 Å². The summed E-state index contributed by atoms with van der Waals surface area (Å²) >= 11 is 0. The number of nitrogens with zero attached hydrogens (tertiary/aromatic N) is 3. The normalized spacial score (nSPS) is 12.9. The third-order valence-corrected chi connectivity index (χ3v) is 9.76. The Morgan fingerprint density at radius 3 is 1.22 bits per heavy atom. The van der Waals surface area contributed by atoms with E-state index in [0.29, 0.717) is 5.82 Å². The zero-order valence-corrected chi connectivity index (χ0v) is 27.4. The summed E-state index contributed by atoms with van der Waals surface area (Å²) in [5, 5.41) is 0. The standard InChI is InChI=1S/C47H33N3/c1-5-17-34(18-6-1)42-33-43(35-19-7-2-8-20-35)49-46(48-42)36-29-31-39(32-30-36)50-44-27-15-13-25-40(44)47(37-21-9-3-10-22-37,38-23-11-4-12-24-38)41-26-14-16-28-45(41)50/h1-33H. The van der Waals surface area contributed by atoms with E-state index in [1.165, 1.54) is 22.3 Å². The van der Waals surface area contributed by atoms with Crippen molar-refractivity contribution >= 4 is 17.1 Å².